The summed E-state index contributed by atoms with van der Waals surface area (Å²) in [6.07, 6.45) is 3.46. The van der Waals surface area contributed by atoms with E-state index in [4.69, 9.17) is 5.73 Å². The van der Waals surface area contributed by atoms with Crippen molar-refractivity contribution in [2.45, 2.75) is 26.3 Å². The van der Waals surface area contributed by atoms with Crippen molar-refractivity contribution >= 4 is 23.3 Å². The number of hydrogen-bond donors (Lipinski definition) is 3. The second-order valence-electron chi connectivity index (χ2n) is 5.70. The minimum atomic E-state index is -0.0420. The Morgan fingerprint density at radius 3 is 2.84 bits per heavy atom. The van der Waals surface area contributed by atoms with Crippen LogP contribution in [0.4, 0.5) is 11.6 Å². The Bertz CT molecular complexity index is 857. The number of anilines is 2. The van der Waals surface area contributed by atoms with Gasteiger partial charge in [0, 0.05) is 24.7 Å². The zero-order valence-electron chi connectivity index (χ0n) is 14.1. The number of nitrogens with one attached hydrogen (secondary N) is 2. The van der Waals surface area contributed by atoms with Gasteiger partial charge in [-0.1, -0.05) is 25.5 Å². The molecule has 0 spiro atoms. The van der Waals surface area contributed by atoms with Gasteiger partial charge in [-0.05, 0) is 24.1 Å². The van der Waals surface area contributed by atoms with Crippen LogP contribution in [-0.4, -0.2) is 32.0 Å². The number of benzene rings is 1. The van der Waals surface area contributed by atoms with Crippen LogP contribution in [0, 0.1) is 0 Å². The van der Waals surface area contributed by atoms with Gasteiger partial charge in [0.2, 0.25) is 0 Å². The first-order chi connectivity index (χ1) is 12.2. The summed E-state index contributed by atoms with van der Waals surface area (Å²) in [6, 6.07) is 9.18. The molecule has 0 saturated heterocycles. The van der Waals surface area contributed by atoms with Crippen LogP contribution < -0.4 is 16.4 Å². The van der Waals surface area contributed by atoms with Crippen LogP contribution in [0.5, 0.6) is 0 Å². The second kappa shape index (κ2) is 7.61. The van der Waals surface area contributed by atoms with Gasteiger partial charge in [0.25, 0.3) is 11.7 Å². The molecule has 0 radical (unpaired) electrons. The largest absolute Gasteiger partial charge is 0.383 e. The number of nitrogens with zero attached hydrogens (tertiary/aromatic N) is 4. The highest BCUT2D eigenvalue weighted by Gasteiger charge is 2.06. The summed E-state index contributed by atoms with van der Waals surface area (Å²) in [5, 5.41) is 10.1. The van der Waals surface area contributed by atoms with Gasteiger partial charge in [0.05, 0.1) is 0 Å². The quantitative estimate of drug-likeness (QED) is 0.567. The van der Waals surface area contributed by atoms with Crippen molar-refractivity contribution < 1.29 is 4.79 Å². The maximum Gasteiger partial charge on any atom is 0.256 e. The maximum absolute atomic E-state index is 12.0. The number of fused-ring (bicyclic) bond motifs is 1. The van der Waals surface area contributed by atoms with Gasteiger partial charge < -0.3 is 16.4 Å². The highest BCUT2D eigenvalue weighted by atomic mass is 16.1. The molecule has 0 bridgehead atoms. The molecule has 3 aromatic rings. The van der Waals surface area contributed by atoms with Gasteiger partial charge in [-0.25, -0.2) is 0 Å². The van der Waals surface area contributed by atoms with E-state index in [1.54, 1.807) is 6.07 Å². The van der Waals surface area contributed by atoms with E-state index in [1.165, 1.54) is 10.8 Å². The fraction of sp³-hybridized carbons (Fsp3) is 0.294. The average Bonchev–Trinajstić information content (AvgIpc) is 3.10. The summed E-state index contributed by atoms with van der Waals surface area (Å²) in [4.78, 5) is 20.3. The number of carbonyl (C=O) groups is 1. The first-order valence-electron chi connectivity index (χ1n) is 8.24. The molecule has 8 heteroatoms. The standard InChI is InChI=1S/C17H21N7O/c1-2-3-8-19-16(25)13-6-4-12(5-7-13)10-20-15-9-14(18)24-17(23-15)21-11-22-24/h4-7,9,11H,2-3,8,10,18H2,1H3,(H,19,25)(H,20,21,22,23). The van der Waals surface area contributed by atoms with Crippen LogP contribution in [0.1, 0.15) is 35.7 Å². The molecule has 2 heterocycles. The highest BCUT2D eigenvalue weighted by molar-refractivity contribution is 5.94. The Kier molecular flexibility index (Phi) is 5.08. The Balaban J connectivity index is 1.60. The lowest BCUT2D eigenvalue weighted by atomic mass is 10.1. The van der Waals surface area contributed by atoms with E-state index in [9.17, 15) is 4.79 Å². The number of hydrogen-bond acceptors (Lipinski definition) is 6. The normalized spacial score (nSPS) is 10.8. The molecule has 0 aliphatic carbocycles. The predicted molar refractivity (Wildman–Crippen MR) is 96.2 cm³/mol. The Morgan fingerprint density at radius 2 is 2.08 bits per heavy atom. The van der Waals surface area contributed by atoms with E-state index in [0.717, 1.165) is 18.4 Å². The first kappa shape index (κ1) is 16.7. The SMILES string of the molecule is CCCCNC(=O)c1ccc(CNc2cc(N)n3ncnc3n2)cc1. The molecule has 25 heavy (non-hydrogen) atoms. The van der Waals surface area contributed by atoms with Crippen LogP contribution in [0.25, 0.3) is 5.78 Å². The lowest BCUT2D eigenvalue weighted by Crippen LogP contribution is -2.24. The Labute approximate surface area is 145 Å². The lowest BCUT2D eigenvalue weighted by molar-refractivity contribution is 0.0953. The molecule has 1 amide bonds. The van der Waals surface area contributed by atoms with Crippen molar-refractivity contribution in [1.29, 1.82) is 0 Å². The number of amides is 1. The number of nitrogen functional groups attached to an aromatic ring is 1. The van der Waals surface area contributed by atoms with Gasteiger partial charge in [-0.3, -0.25) is 4.79 Å². The van der Waals surface area contributed by atoms with Crippen molar-refractivity contribution in [3.63, 3.8) is 0 Å². The van der Waals surface area contributed by atoms with Crippen molar-refractivity contribution in [3.8, 4) is 0 Å². The van der Waals surface area contributed by atoms with E-state index in [2.05, 4.69) is 32.6 Å². The molecule has 4 N–H and O–H groups in total. The maximum atomic E-state index is 12.0. The smallest absolute Gasteiger partial charge is 0.256 e. The van der Waals surface area contributed by atoms with Crippen LogP contribution in [-0.2, 0) is 6.54 Å². The molecule has 8 nitrogen and oxygen atoms in total. The zero-order chi connectivity index (χ0) is 17.6. The van der Waals surface area contributed by atoms with Gasteiger partial charge in [0.1, 0.15) is 18.0 Å². The van der Waals surface area contributed by atoms with Crippen molar-refractivity contribution in [3.05, 3.63) is 47.8 Å². The van der Waals surface area contributed by atoms with Gasteiger partial charge in [-0.15, -0.1) is 0 Å². The van der Waals surface area contributed by atoms with Crippen LogP contribution in [0.3, 0.4) is 0 Å². The molecule has 0 aliphatic rings. The first-order valence-corrected chi connectivity index (χ1v) is 8.24. The van der Waals surface area contributed by atoms with E-state index >= 15 is 0 Å². The summed E-state index contributed by atoms with van der Waals surface area (Å²) in [7, 11) is 0. The molecular weight excluding hydrogens is 318 g/mol. The van der Waals surface area contributed by atoms with Gasteiger partial charge in [-0.2, -0.15) is 19.6 Å². The number of aromatic nitrogens is 4. The highest BCUT2D eigenvalue weighted by Crippen LogP contribution is 2.13. The monoisotopic (exact) mass is 339 g/mol. The third kappa shape index (κ3) is 4.03. The number of unbranched alkanes of at least 4 members (excludes halogenated alkanes) is 1. The molecule has 1 aromatic carbocycles. The van der Waals surface area contributed by atoms with E-state index in [0.29, 0.717) is 36.1 Å². The summed E-state index contributed by atoms with van der Waals surface area (Å²) < 4.78 is 1.47. The van der Waals surface area contributed by atoms with Crippen molar-refractivity contribution in [1.82, 2.24) is 24.9 Å². The molecule has 130 valence electrons. The van der Waals surface area contributed by atoms with Crippen LogP contribution in [0.2, 0.25) is 0 Å². The summed E-state index contributed by atoms with van der Waals surface area (Å²) >= 11 is 0. The fourth-order valence-electron chi connectivity index (χ4n) is 2.37. The molecule has 3 rings (SSSR count). The van der Waals surface area contributed by atoms with E-state index < -0.39 is 0 Å². The number of rotatable bonds is 7. The van der Waals surface area contributed by atoms with Crippen LogP contribution >= 0.6 is 0 Å². The van der Waals surface area contributed by atoms with E-state index in [-0.39, 0.29) is 5.91 Å². The zero-order valence-corrected chi connectivity index (χ0v) is 14.1. The van der Waals surface area contributed by atoms with Gasteiger partial charge in [0.15, 0.2) is 0 Å². The minimum absolute atomic E-state index is 0.0420. The summed E-state index contributed by atoms with van der Waals surface area (Å²) in [5.74, 6) is 1.49. The number of nitrogens with two attached hydrogens (primary N) is 1. The number of carbonyl (C=O) groups excluding carboxylic acids is 1. The second-order valence-corrected chi connectivity index (χ2v) is 5.70. The minimum Gasteiger partial charge on any atom is -0.383 e. The molecule has 0 fully saturated rings. The van der Waals surface area contributed by atoms with Crippen molar-refractivity contribution in [2.75, 3.05) is 17.6 Å². The average molecular weight is 339 g/mol. The molecule has 0 aliphatic heterocycles. The van der Waals surface area contributed by atoms with Gasteiger partial charge >= 0.3 is 0 Å². The summed E-state index contributed by atoms with van der Waals surface area (Å²) in [5.41, 5.74) is 7.60. The topological polar surface area (TPSA) is 110 Å². The third-order valence-electron chi connectivity index (χ3n) is 3.79. The third-order valence-corrected chi connectivity index (χ3v) is 3.79. The van der Waals surface area contributed by atoms with Crippen LogP contribution in [0.15, 0.2) is 36.7 Å². The Morgan fingerprint density at radius 1 is 1.28 bits per heavy atom. The lowest BCUT2D eigenvalue weighted by Gasteiger charge is -2.08. The summed E-state index contributed by atoms with van der Waals surface area (Å²) in [6.45, 7) is 3.36. The predicted octanol–water partition coefficient (Wildman–Crippen LogP) is 1.85. The molecule has 0 unspecified atom stereocenters. The molecule has 0 atom stereocenters. The van der Waals surface area contributed by atoms with Crippen molar-refractivity contribution in [2.24, 2.45) is 0 Å². The molecule has 0 saturated carbocycles. The molecular formula is C17H21N7O. The molecule has 2 aromatic heterocycles. The fourth-order valence-corrected chi connectivity index (χ4v) is 2.37. The van der Waals surface area contributed by atoms with E-state index in [1.807, 2.05) is 24.3 Å². The Hall–Kier alpha value is -3.16.